The van der Waals surface area contributed by atoms with Crippen molar-refractivity contribution in [2.45, 2.75) is 126 Å². The van der Waals surface area contributed by atoms with Crippen LogP contribution in [0, 0.1) is 50.7 Å². The molecule has 0 amide bonds. The number of aliphatic hydroxyl groups is 1. The molecule has 5 aliphatic carbocycles. The van der Waals surface area contributed by atoms with Crippen LogP contribution in [0.2, 0.25) is 0 Å². The average Bonchev–Trinajstić information content (AvgIpc) is 3.05. The smallest absolute Gasteiger partial charge is 0.0631 e. The van der Waals surface area contributed by atoms with E-state index < -0.39 is 0 Å². The van der Waals surface area contributed by atoms with Gasteiger partial charge in [0.2, 0.25) is 0 Å². The largest absolute Gasteiger partial charge is 0.392 e. The maximum absolute atomic E-state index is 10.8. The molecule has 0 bridgehead atoms. The zero-order valence-electron chi connectivity index (χ0n) is 21.9. The number of hydrogen-bond donors (Lipinski definition) is 1. The first kappa shape index (κ1) is 22.5. The summed E-state index contributed by atoms with van der Waals surface area (Å²) in [5.74, 6) is 3.49. The lowest BCUT2D eigenvalue weighted by Crippen LogP contribution is -2.63. The van der Waals surface area contributed by atoms with Crippen molar-refractivity contribution in [3.8, 4) is 0 Å². The van der Waals surface area contributed by atoms with E-state index in [-0.39, 0.29) is 11.5 Å². The van der Waals surface area contributed by atoms with E-state index in [1.807, 2.05) is 0 Å². The summed E-state index contributed by atoms with van der Waals surface area (Å²) in [4.78, 5) is 0. The molecule has 0 radical (unpaired) electrons. The molecule has 176 valence electrons. The van der Waals surface area contributed by atoms with Crippen molar-refractivity contribution in [2.24, 2.45) is 50.7 Å². The number of allylic oxidation sites excluding steroid dienone is 1. The van der Waals surface area contributed by atoms with Crippen LogP contribution in [-0.2, 0) is 0 Å². The molecule has 0 unspecified atom stereocenters. The lowest BCUT2D eigenvalue weighted by Gasteiger charge is -2.71. The van der Waals surface area contributed by atoms with E-state index >= 15 is 0 Å². The molecular weight excluding hydrogens is 376 g/mol. The molecule has 3 saturated carbocycles. The highest BCUT2D eigenvalue weighted by molar-refractivity contribution is 5.36. The lowest BCUT2D eigenvalue weighted by molar-refractivity contribution is -0.198. The van der Waals surface area contributed by atoms with Crippen LogP contribution in [0.5, 0.6) is 0 Å². The van der Waals surface area contributed by atoms with Gasteiger partial charge in [0.05, 0.1) is 6.10 Å². The van der Waals surface area contributed by atoms with Crippen LogP contribution in [-0.4, -0.2) is 11.2 Å². The van der Waals surface area contributed by atoms with Gasteiger partial charge in [-0.3, -0.25) is 0 Å². The highest BCUT2D eigenvalue weighted by Crippen LogP contribution is 2.77. The van der Waals surface area contributed by atoms with Crippen molar-refractivity contribution in [1.29, 1.82) is 0 Å². The molecule has 0 aromatic carbocycles. The van der Waals surface area contributed by atoms with Crippen LogP contribution in [0.3, 0.4) is 0 Å². The van der Waals surface area contributed by atoms with Gasteiger partial charge in [-0.1, -0.05) is 66.5 Å². The first-order valence-electron chi connectivity index (χ1n) is 13.7. The predicted molar refractivity (Wildman–Crippen MR) is 131 cm³/mol. The molecule has 8 atom stereocenters. The van der Waals surface area contributed by atoms with Crippen LogP contribution >= 0.6 is 0 Å². The first-order valence-corrected chi connectivity index (χ1v) is 13.7. The first-order chi connectivity index (χ1) is 14.3. The van der Waals surface area contributed by atoms with Gasteiger partial charge in [-0.25, -0.2) is 0 Å². The van der Waals surface area contributed by atoms with Crippen LogP contribution in [0.4, 0.5) is 0 Å². The van der Waals surface area contributed by atoms with E-state index in [9.17, 15) is 5.11 Å². The number of fused-ring (bicyclic) bond motifs is 6. The molecule has 0 aromatic rings. The Morgan fingerprint density at radius 3 is 2.00 bits per heavy atom. The summed E-state index contributed by atoms with van der Waals surface area (Å²) in [6.45, 7) is 20.5. The van der Waals surface area contributed by atoms with Crippen molar-refractivity contribution in [3.63, 3.8) is 0 Å². The standard InChI is InChI=1S/C30H50O/c1-19(2)20-9-12-23-27(20,5)15-17-30(8)24-13-10-21-22(11-14-25(31)26(21,3)4)28(24,6)16-18-29(23,30)7/h19-20,23-25,31H,9-18H2,1-8H3/t20-,23-,24+,25-,27-,28+,29+,30-/m1/s1. The van der Waals surface area contributed by atoms with E-state index in [0.717, 1.165) is 36.5 Å². The van der Waals surface area contributed by atoms with Crippen molar-refractivity contribution in [1.82, 2.24) is 0 Å². The molecule has 1 nitrogen and oxygen atoms in total. The summed E-state index contributed by atoms with van der Waals surface area (Å²) in [5, 5.41) is 10.8. The molecule has 1 heteroatoms. The summed E-state index contributed by atoms with van der Waals surface area (Å²) in [5.41, 5.74) is 5.31. The summed E-state index contributed by atoms with van der Waals surface area (Å²) >= 11 is 0. The Kier molecular flexibility index (Phi) is 4.82. The highest BCUT2D eigenvalue weighted by Gasteiger charge is 2.69. The van der Waals surface area contributed by atoms with Gasteiger partial charge in [0.15, 0.2) is 0 Å². The van der Waals surface area contributed by atoms with Gasteiger partial charge in [-0.15, -0.1) is 0 Å². The van der Waals surface area contributed by atoms with Crippen molar-refractivity contribution >= 4 is 0 Å². The van der Waals surface area contributed by atoms with E-state index in [2.05, 4.69) is 55.4 Å². The van der Waals surface area contributed by atoms with Crippen molar-refractivity contribution in [3.05, 3.63) is 11.1 Å². The Labute approximate surface area is 192 Å². The number of aliphatic hydroxyl groups excluding tert-OH is 1. The van der Waals surface area contributed by atoms with Crippen LogP contribution in [0.1, 0.15) is 120 Å². The van der Waals surface area contributed by atoms with Gasteiger partial charge < -0.3 is 5.11 Å². The zero-order valence-corrected chi connectivity index (χ0v) is 21.9. The van der Waals surface area contributed by atoms with E-state index in [1.165, 1.54) is 51.4 Å². The summed E-state index contributed by atoms with van der Waals surface area (Å²) in [6.07, 6.45) is 13.2. The van der Waals surface area contributed by atoms with Gasteiger partial charge in [0.1, 0.15) is 0 Å². The number of hydrogen-bond acceptors (Lipinski definition) is 1. The van der Waals surface area contributed by atoms with Gasteiger partial charge in [0.25, 0.3) is 0 Å². The fraction of sp³-hybridized carbons (Fsp3) is 0.933. The van der Waals surface area contributed by atoms with Crippen LogP contribution in [0.25, 0.3) is 0 Å². The van der Waals surface area contributed by atoms with Gasteiger partial charge in [-0.2, -0.15) is 0 Å². The molecule has 5 rings (SSSR count). The zero-order chi connectivity index (χ0) is 22.6. The van der Waals surface area contributed by atoms with Crippen molar-refractivity contribution < 1.29 is 5.11 Å². The second-order valence-corrected chi connectivity index (χ2v) is 14.6. The molecule has 31 heavy (non-hydrogen) atoms. The van der Waals surface area contributed by atoms with E-state index in [4.69, 9.17) is 0 Å². The summed E-state index contributed by atoms with van der Waals surface area (Å²) in [7, 11) is 0. The Morgan fingerprint density at radius 1 is 0.710 bits per heavy atom. The Hall–Kier alpha value is -0.300. The Bertz CT molecular complexity index is 790. The van der Waals surface area contributed by atoms with Gasteiger partial charge in [-0.05, 0) is 110 Å². The second-order valence-electron chi connectivity index (χ2n) is 14.6. The highest BCUT2D eigenvalue weighted by atomic mass is 16.3. The minimum atomic E-state index is -0.155. The minimum absolute atomic E-state index is 0.0235. The second kappa shape index (κ2) is 6.64. The van der Waals surface area contributed by atoms with Crippen molar-refractivity contribution in [2.75, 3.05) is 0 Å². The lowest BCUT2D eigenvalue weighted by atomic mass is 9.34. The molecule has 0 aliphatic heterocycles. The number of rotatable bonds is 1. The Morgan fingerprint density at radius 2 is 1.32 bits per heavy atom. The maximum atomic E-state index is 10.8. The molecule has 0 aromatic heterocycles. The minimum Gasteiger partial charge on any atom is -0.392 e. The molecule has 0 spiro atoms. The maximum Gasteiger partial charge on any atom is 0.0631 e. The van der Waals surface area contributed by atoms with E-state index in [1.54, 1.807) is 11.1 Å². The molecule has 3 fully saturated rings. The average molecular weight is 427 g/mol. The third-order valence-corrected chi connectivity index (χ3v) is 13.2. The quantitative estimate of drug-likeness (QED) is 0.419. The molecule has 0 saturated heterocycles. The van der Waals surface area contributed by atoms with Crippen LogP contribution < -0.4 is 0 Å². The monoisotopic (exact) mass is 426 g/mol. The van der Waals surface area contributed by atoms with Gasteiger partial charge >= 0.3 is 0 Å². The molecule has 0 heterocycles. The normalized spacial score (nSPS) is 53.6. The fourth-order valence-electron chi connectivity index (χ4n) is 11.2. The van der Waals surface area contributed by atoms with Gasteiger partial charge in [0, 0.05) is 5.41 Å². The van der Waals surface area contributed by atoms with Crippen LogP contribution in [0.15, 0.2) is 11.1 Å². The van der Waals surface area contributed by atoms with E-state index in [0.29, 0.717) is 21.7 Å². The topological polar surface area (TPSA) is 20.2 Å². The SMILES string of the molecule is CC(C)[C@H]1CC[C@@H]2[C@]1(C)CC[C@]1(C)[C@H]3CCC4=C(CC[C@@H](O)C4(C)C)[C@]3(C)CC[C@@]21C. The Balaban J connectivity index is 1.56. The summed E-state index contributed by atoms with van der Waals surface area (Å²) < 4.78 is 0. The summed E-state index contributed by atoms with van der Waals surface area (Å²) in [6, 6.07) is 0. The molecule has 1 N–H and O–H groups in total. The molecular formula is C30H50O. The molecule has 5 aliphatic rings. The third kappa shape index (κ3) is 2.60. The predicted octanol–water partition coefficient (Wildman–Crippen LogP) is 8.17. The fourth-order valence-corrected chi connectivity index (χ4v) is 11.2. The third-order valence-electron chi connectivity index (χ3n) is 13.2.